The van der Waals surface area contributed by atoms with E-state index in [-0.39, 0.29) is 12.5 Å². The predicted molar refractivity (Wildman–Crippen MR) is 42.5 cm³/mol. The molecule has 11 heavy (non-hydrogen) atoms. The van der Waals surface area contributed by atoms with Crippen LogP contribution in [0.25, 0.3) is 0 Å². The van der Waals surface area contributed by atoms with Crippen molar-refractivity contribution in [1.82, 2.24) is 5.48 Å². The van der Waals surface area contributed by atoms with Gasteiger partial charge in [-0.05, 0) is 19.3 Å². The monoisotopic (exact) mass is 163 g/mol. The van der Waals surface area contributed by atoms with Gasteiger partial charge in [0.1, 0.15) is 0 Å². The Morgan fingerprint density at radius 2 is 1.82 bits per heavy atom. The molecule has 4 heteroatoms. The molecule has 0 aromatic rings. The standard InChI is InChI=1S/C6H15NO.CH2O2/c1-5(2)4-6(3)7-8;2-1-3/h5-8H,4H2,1-3H3;1H,(H,2,3). The molecular weight excluding hydrogens is 146 g/mol. The van der Waals surface area contributed by atoms with Crippen LogP contribution in [0.2, 0.25) is 0 Å². The second-order valence-electron chi connectivity index (χ2n) is 2.77. The molecule has 0 aliphatic rings. The van der Waals surface area contributed by atoms with Crippen molar-refractivity contribution in [2.24, 2.45) is 5.92 Å². The van der Waals surface area contributed by atoms with Gasteiger partial charge in [0, 0.05) is 6.04 Å². The summed E-state index contributed by atoms with van der Waals surface area (Å²) in [5.41, 5.74) is 2.20. The van der Waals surface area contributed by atoms with Crippen molar-refractivity contribution in [1.29, 1.82) is 0 Å². The molecule has 0 aliphatic carbocycles. The molecule has 0 heterocycles. The summed E-state index contributed by atoms with van der Waals surface area (Å²) in [6.45, 7) is 5.97. The quantitative estimate of drug-likeness (QED) is 0.430. The van der Waals surface area contributed by atoms with E-state index in [0.717, 1.165) is 6.42 Å². The zero-order chi connectivity index (χ0) is 9.28. The molecule has 0 amide bonds. The molecule has 3 N–H and O–H groups in total. The highest BCUT2D eigenvalue weighted by atomic mass is 16.5. The second-order valence-corrected chi connectivity index (χ2v) is 2.77. The number of hydroxylamine groups is 1. The lowest BCUT2D eigenvalue weighted by Gasteiger charge is -2.10. The van der Waals surface area contributed by atoms with Crippen LogP contribution < -0.4 is 5.48 Å². The van der Waals surface area contributed by atoms with E-state index in [9.17, 15) is 0 Å². The fourth-order valence-corrected chi connectivity index (χ4v) is 0.760. The highest BCUT2D eigenvalue weighted by Crippen LogP contribution is 2.01. The summed E-state index contributed by atoms with van der Waals surface area (Å²) in [6, 6.07) is 0.231. The molecule has 1 unspecified atom stereocenters. The highest BCUT2D eigenvalue weighted by molar-refractivity contribution is 5.32. The Morgan fingerprint density at radius 1 is 1.45 bits per heavy atom. The maximum atomic E-state index is 8.36. The van der Waals surface area contributed by atoms with Crippen LogP contribution in [0.5, 0.6) is 0 Å². The van der Waals surface area contributed by atoms with Crippen LogP contribution in [0.4, 0.5) is 0 Å². The van der Waals surface area contributed by atoms with E-state index < -0.39 is 0 Å². The largest absolute Gasteiger partial charge is 0.483 e. The predicted octanol–water partition coefficient (Wildman–Crippen LogP) is 1.10. The Balaban J connectivity index is 0. The lowest BCUT2D eigenvalue weighted by Crippen LogP contribution is -2.23. The first-order valence-corrected chi connectivity index (χ1v) is 3.55. The average molecular weight is 163 g/mol. The Labute approximate surface area is 67.2 Å². The second kappa shape index (κ2) is 9.39. The third-order valence-electron chi connectivity index (χ3n) is 1.05. The minimum absolute atomic E-state index is 0.231. The molecular formula is C7H17NO3. The molecule has 0 spiro atoms. The lowest BCUT2D eigenvalue weighted by atomic mass is 10.1. The van der Waals surface area contributed by atoms with Gasteiger partial charge in [0.15, 0.2) is 0 Å². The first-order chi connectivity index (χ1) is 5.08. The van der Waals surface area contributed by atoms with Crippen LogP contribution in [-0.2, 0) is 4.79 Å². The van der Waals surface area contributed by atoms with Crippen molar-refractivity contribution in [2.45, 2.75) is 33.2 Å². The molecule has 0 aromatic carbocycles. The molecule has 0 rings (SSSR count). The van der Waals surface area contributed by atoms with Crippen LogP contribution in [0.1, 0.15) is 27.2 Å². The minimum atomic E-state index is -0.250. The zero-order valence-corrected chi connectivity index (χ0v) is 7.24. The summed E-state index contributed by atoms with van der Waals surface area (Å²) < 4.78 is 0. The lowest BCUT2D eigenvalue weighted by molar-refractivity contribution is -0.122. The number of carbonyl (C=O) groups is 1. The first-order valence-electron chi connectivity index (χ1n) is 3.55. The molecule has 4 nitrogen and oxygen atoms in total. The van der Waals surface area contributed by atoms with Gasteiger partial charge >= 0.3 is 0 Å². The third kappa shape index (κ3) is 17.7. The van der Waals surface area contributed by atoms with Gasteiger partial charge in [-0.2, -0.15) is 0 Å². The molecule has 0 saturated carbocycles. The van der Waals surface area contributed by atoms with Crippen molar-refractivity contribution in [3.05, 3.63) is 0 Å². The van der Waals surface area contributed by atoms with Crippen LogP contribution in [-0.4, -0.2) is 22.8 Å². The summed E-state index contributed by atoms with van der Waals surface area (Å²) in [4.78, 5) is 8.36. The fraction of sp³-hybridized carbons (Fsp3) is 0.857. The zero-order valence-electron chi connectivity index (χ0n) is 7.24. The number of nitrogens with one attached hydrogen (secondary N) is 1. The van der Waals surface area contributed by atoms with E-state index in [1.807, 2.05) is 6.92 Å². The molecule has 0 bridgehead atoms. The Morgan fingerprint density at radius 3 is 1.91 bits per heavy atom. The molecule has 0 saturated heterocycles. The molecule has 0 radical (unpaired) electrons. The molecule has 1 atom stereocenters. The molecule has 68 valence electrons. The van der Waals surface area contributed by atoms with Gasteiger partial charge in [0.05, 0.1) is 0 Å². The minimum Gasteiger partial charge on any atom is -0.483 e. The van der Waals surface area contributed by atoms with E-state index in [1.165, 1.54) is 0 Å². The summed E-state index contributed by atoms with van der Waals surface area (Å²) in [5.74, 6) is 0.657. The molecule has 0 aliphatic heterocycles. The Bertz CT molecular complexity index is 85.8. The molecule has 0 aromatic heterocycles. The maximum Gasteiger partial charge on any atom is 0.290 e. The topological polar surface area (TPSA) is 69.6 Å². The third-order valence-corrected chi connectivity index (χ3v) is 1.05. The Hall–Kier alpha value is -0.610. The summed E-state index contributed by atoms with van der Waals surface area (Å²) in [5, 5.41) is 15.2. The van der Waals surface area contributed by atoms with Crippen LogP contribution in [0.15, 0.2) is 0 Å². The van der Waals surface area contributed by atoms with E-state index in [1.54, 1.807) is 0 Å². The van der Waals surface area contributed by atoms with Gasteiger partial charge in [-0.15, -0.1) is 0 Å². The van der Waals surface area contributed by atoms with E-state index in [0.29, 0.717) is 5.92 Å². The van der Waals surface area contributed by atoms with E-state index >= 15 is 0 Å². The van der Waals surface area contributed by atoms with Crippen molar-refractivity contribution in [3.63, 3.8) is 0 Å². The van der Waals surface area contributed by atoms with Gasteiger partial charge in [-0.25, -0.2) is 5.48 Å². The number of rotatable bonds is 3. The van der Waals surface area contributed by atoms with E-state index in [2.05, 4.69) is 19.3 Å². The van der Waals surface area contributed by atoms with E-state index in [4.69, 9.17) is 15.1 Å². The summed E-state index contributed by atoms with van der Waals surface area (Å²) in [6.07, 6.45) is 1.02. The van der Waals surface area contributed by atoms with Crippen LogP contribution in [0, 0.1) is 5.92 Å². The smallest absolute Gasteiger partial charge is 0.290 e. The first kappa shape index (κ1) is 13.0. The van der Waals surface area contributed by atoms with Gasteiger partial charge in [-0.1, -0.05) is 13.8 Å². The van der Waals surface area contributed by atoms with Crippen molar-refractivity contribution in [2.75, 3.05) is 0 Å². The van der Waals surface area contributed by atoms with Crippen LogP contribution in [0.3, 0.4) is 0 Å². The van der Waals surface area contributed by atoms with Crippen LogP contribution >= 0.6 is 0 Å². The van der Waals surface area contributed by atoms with Gasteiger partial charge in [0.2, 0.25) is 0 Å². The van der Waals surface area contributed by atoms with Crippen molar-refractivity contribution < 1.29 is 15.1 Å². The SMILES string of the molecule is CC(C)CC(C)NO.O=CO. The fourth-order valence-electron chi connectivity index (χ4n) is 0.760. The molecule has 0 fully saturated rings. The highest BCUT2D eigenvalue weighted by Gasteiger charge is 2.00. The number of hydrogen-bond donors (Lipinski definition) is 3. The summed E-state index contributed by atoms with van der Waals surface area (Å²) >= 11 is 0. The normalized spacial score (nSPS) is 11.7. The van der Waals surface area contributed by atoms with Gasteiger partial charge in [0.25, 0.3) is 6.47 Å². The van der Waals surface area contributed by atoms with Gasteiger partial charge < -0.3 is 10.3 Å². The average Bonchev–Trinajstić information content (AvgIpc) is 1.88. The number of carboxylic acid groups (broad SMARTS) is 1. The maximum absolute atomic E-state index is 8.36. The Kier molecular flexibility index (Phi) is 11.1. The van der Waals surface area contributed by atoms with Gasteiger partial charge in [-0.3, -0.25) is 4.79 Å². The van der Waals surface area contributed by atoms with Crippen molar-refractivity contribution >= 4 is 6.47 Å². The number of hydrogen-bond acceptors (Lipinski definition) is 3. The summed E-state index contributed by atoms with van der Waals surface area (Å²) in [7, 11) is 0. The van der Waals surface area contributed by atoms with Crippen molar-refractivity contribution in [3.8, 4) is 0 Å².